The second-order valence-electron chi connectivity index (χ2n) is 30.2. The summed E-state index contributed by atoms with van der Waals surface area (Å²) in [5, 5.41) is 19.6. The van der Waals surface area contributed by atoms with Crippen LogP contribution < -0.4 is 61.0 Å². The van der Waals surface area contributed by atoms with Crippen LogP contribution in [0.3, 0.4) is 0 Å². The minimum atomic E-state index is -4.02. The monoisotopic (exact) mass is 1840 g/mol. The molecule has 13 rings (SSSR count). The number of halogens is 3. The van der Waals surface area contributed by atoms with Crippen LogP contribution in [-0.4, -0.2) is 243 Å². The van der Waals surface area contributed by atoms with Crippen molar-refractivity contribution in [2.75, 3.05) is 185 Å². The molecule has 7 N–H and O–H groups in total. The summed E-state index contributed by atoms with van der Waals surface area (Å²) < 4.78 is 79.4. The number of anilines is 9. The summed E-state index contributed by atoms with van der Waals surface area (Å²) in [6.45, 7) is 34.1. The van der Waals surface area contributed by atoms with Crippen LogP contribution in [0.15, 0.2) is 136 Å². The van der Waals surface area contributed by atoms with Gasteiger partial charge in [-0.1, -0.05) is 57.0 Å². The average molecular weight is 1840 g/mol. The Morgan fingerprint density at radius 1 is 0.538 bits per heavy atom. The van der Waals surface area contributed by atoms with Crippen molar-refractivity contribution in [3.8, 4) is 45.8 Å². The fourth-order valence-electron chi connectivity index (χ4n) is 14.2. The Bertz CT molecular complexity index is 4980. The molecule has 9 aromatic rings. The van der Waals surface area contributed by atoms with E-state index in [1.54, 1.807) is 90.2 Å². The largest absolute Gasteiger partial charge is 0.495 e. The van der Waals surface area contributed by atoms with E-state index in [0.717, 1.165) is 135 Å². The van der Waals surface area contributed by atoms with Crippen molar-refractivity contribution in [1.82, 2.24) is 59.5 Å². The van der Waals surface area contributed by atoms with E-state index >= 15 is 0 Å². The number of methoxy groups -OCH3 is 2. The summed E-state index contributed by atoms with van der Waals surface area (Å²) in [6.07, 6.45) is 18.8. The molecule has 0 amide bonds. The van der Waals surface area contributed by atoms with Crippen molar-refractivity contribution in [1.29, 1.82) is 0 Å². The number of aliphatic hydroxyl groups excluding tert-OH is 1. The number of piperazine rings is 2. The lowest BCUT2D eigenvalue weighted by molar-refractivity contribution is 0.0982. The molecule has 4 aliphatic rings. The van der Waals surface area contributed by atoms with Gasteiger partial charge in [0.2, 0.25) is 11.2 Å². The highest BCUT2D eigenvalue weighted by molar-refractivity contribution is 9.11. The number of aromatic nitrogens is 8. The minimum Gasteiger partial charge on any atom is -0.495 e. The molecule has 0 aliphatic carbocycles. The summed E-state index contributed by atoms with van der Waals surface area (Å²) in [6, 6.07) is 28.0. The Hall–Kier alpha value is -8.16. The number of hydrogen-bond donors (Lipinski definition) is 6. The molecule has 0 bridgehead atoms. The van der Waals surface area contributed by atoms with E-state index in [0.29, 0.717) is 86.4 Å². The summed E-state index contributed by atoms with van der Waals surface area (Å²) in [4.78, 5) is 49.6. The maximum absolute atomic E-state index is 13.5. The maximum atomic E-state index is 13.5. The summed E-state index contributed by atoms with van der Waals surface area (Å²) >= 11 is 12.9. The smallest absolute Gasteiger partial charge is 0.316 e. The van der Waals surface area contributed by atoms with E-state index in [9.17, 15) is 17.5 Å². The molecule has 5 aromatic carbocycles. The third-order valence-corrected chi connectivity index (χ3v) is 26.3. The Morgan fingerprint density at radius 3 is 1.36 bits per heavy atom. The van der Waals surface area contributed by atoms with Gasteiger partial charge >= 0.3 is 12.0 Å². The van der Waals surface area contributed by atoms with E-state index in [-0.39, 0.29) is 10.2 Å². The number of likely N-dealkylation sites (N-methyl/N-ethyl adjacent to an activating group) is 2. The summed E-state index contributed by atoms with van der Waals surface area (Å²) in [7, 11) is -1.52. The molecule has 0 radical (unpaired) electrons. The first-order valence-corrected chi connectivity index (χ1v) is 49.0. The lowest BCUT2D eigenvalue weighted by Crippen LogP contribution is -2.52. The molecule has 4 aliphatic heterocycles. The van der Waals surface area contributed by atoms with E-state index in [4.69, 9.17) is 50.9 Å². The quantitative estimate of drug-likeness (QED) is 0.0134. The topological polar surface area (TPSA) is 330 Å². The number of piperidine rings is 2. The molecule has 0 unspecified atom stereocenters. The standard InChI is InChI=1S/C37H49BrN9O3P.C19H32N4O.C18H18BrClN5O2P.C7H8O3S.C4H10O/c1-7-25-19-31(33(49-4)21-32(25)47-13-11-28(12-14-47)46-17-15-45(3)16-18-46)43-36-39-24-29(38)35(44-36)42-30-10-9-26(20-34(30)51(5,6)48)27-22-40-37(41-23-27)50-8-2;1-4-15-13-17(20)19(24-3)14-18(15)23-7-5-16(6-8-23)22-11-9-21(2)10-12-22;1-4-27-18-22-8-12(9-23-18)11-5-6-14(15(7-11)28(2,3)26)24-16-13(19)10-21-17(20)25-16;1-6-2-4-7(5-3-6)11(8,9)10;1-2-3-4-5/h9-10,19-24,28H,7-8,11-18H2,1-6H3,(H2,39,42,43,44);13-14,16H,4-12,20H2,1-3H3;5-10H,4H2,1-3H3,(H,21,24,25);2-5H,1H3,(H,8,9,10);5H,2-4H2,1H3. The van der Waals surface area contributed by atoms with Gasteiger partial charge in [0.1, 0.15) is 37.4 Å². The zero-order chi connectivity index (χ0) is 86.1. The van der Waals surface area contributed by atoms with Gasteiger partial charge in [-0.25, -0.2) is 29.9 Å². The predicted molar refractivity (Wildman–Crippen MR) is 491 cm³/mol. The zero-order valence-electron chi connectivity index (χ0n) is 70.9. The first-order chi connectivity index (χ1) is 56.9. The fraction of sp³-hybridized carbons (Fsp3) is 0.459. The van der Waals surface area contributed by atoms with Crippen molar-refractivity contribution in [2.24, 2.45) is 0 Å². The number of hydrogen-bond acceptors (Lipinski definition) is 27. The molecule has 34 heteroatoms. The number of nitrogen functional groups attached to an aromatic ring is 1. The number of rotatable bonds is 25. The molecule has 28 nitrogen and oxygen atoms in total. The molecule has 4 aromatic heterocycles. The number of nitrogens with two attached hydrogens (primary N) is 1. The summed E-state index contributed by atoms with van der Waals surface area (Å²) in [5.41, 5.74) is 18.4. The first-order valence-electron chi connectivity index (χ1n) is 40.4. The normalized spacial score (nSPS) is 15.3. The number of nitrogens with one attached hydrogen (secondary N) is 3. The highest BCUT2D eigenvalue weighted by Crippen LogP contribution is 2.44. The van der Waals surface area contributed by atoms with Gasteiger partial charge in [-0.2, -0.15) is 18.4 Å². The highest BCUT2D eigenvalue weighted by Gasteiger charge is 2.31. The highest BCUT2D eigenvalue weighted by atomic mass is 79.9. The number of benzene rings is 5. The fourth-order valence-corrected chi connectivity index (χ4v) is 17.7. The second-order valence-corrected chi connectivity index (χ2v) is 40.1. The minimum absolute atomic E-state index is 0.0666. The molecule has 0 spiro atoms. The van der Waals surface area contributed by atoms with Gasteiger partial charge in [-0.3, -0.25) is 14.4 Å². The Labute approximate surface area is 724 Å². The van der Waals surface area contributed by atoms with Crippen LogP contribution in [0.2, 0.25) is 5.28 Å². The molecule has 8 heterocycles. The van der Waals surface area contributed by atoms with Crippen molar-refractivity contribution in [3.63, 3.8) is 0 Å². The zero-order valence-corrected chi connectivity index (χ0v) is 77.4. The molecule has 4 saturated heterocycles. The molecular formula is C85H117Br2ClN18O10P2S. The van der Waals surface area contributed by atoms with Crippen LogP contribution in [-0.2, 0) is 32.1 Å². The molecule has 0 saturated carbocycles. The molecule has 0 atom stereocenters. The Kier molecular flexibility index (Phi) is 35.9. The average Bonchev–Trinajstić information content (AvgIpc) is 0.809. The van der Waals surface area contributed by atoms with Crippen LogP contribution in [0.1, 0.15) is 89.8 Å². The van der Waals surface area contributed by atoms with E-state index in [2.05, 4.69) is 171 Å². The van der Waals surface area contributed by atoms with Gasteiger partial charge in [-0.05, 0) is 221 Å². The van der Waals surface area contributed by atoms with E-state index < -0.39 is 24.4 Å². The number of ether oxygens (including phenoxy) is 4. The van der Waals surface area contributed by atoms with Gasteiger partial charge in [0.15, 0.2) is 0 Å². The van der Waals surface area contributed by atoms with E-state index in [1.165, 1.54) is 86.5 Å². The number of unbranched alkanes of at least 4 members (excludes halogenated alkanes) is 1. The predicted octanol–water partition coefficient (Wildman–Crippen LogP) is 15.4. The third-order valence-electron chi connectivity index (χ3n) is 21.0. The van der Waals surface area contributed by atoms with Crippen LogP contribution in [0.5, 0.6) is 23.5 Å². The van der Waals surface area contributed by atoms with Crippen LogP contribution in [0.25, 0.3) is 22.3 Å². The number of nitrogens with zero attached hydrogens (tertiary/aromatic N) is 14. The Balaban J connectivity index is 0.000000199. The molecular weight excluding hydrogens is 1720 g/mol. The summed E-state index contributed by atoms with van der Waals surface area (Å²) in [5.74, 6) is 2.96. The Morgan fingerprint density at radius 2 is 0.966 bits per heavy atom. The van der Waals surface area contributed by atoms with Gasteiger partial charge < -0.3 is 74.5 Å². The van der Waals surface area contributed by atoms with Gasteiger partial charge in [0.05, 0.1) is 64.0 Å². The molecule has 4 fully saturated rings. The number of aliphatic hydroxyl groups is 1. The lowest BCUT2D eigenvalue weighted by Gasteiger charge is -2.43. The van der Waals surface area contributed by atoms with Crippen molar-refractivity contribution >= 4 is 130 Å². The number of aryl methyl sites for hydroxylation is 3. The molecule has 119 heavy (non-hydrogen) atoms. The molecule has 644 valence electrons. The SMILES string of the molecule is CCCCO.CCOc1ncc(-c2ccc(Nc3nc(Cl)ncc3Br)c(P(C)(C)=O)c2)cn1.CCOc1ncc(-c2ccc(Nc3nc(Nc4cc(CC)c(N5CCC(N6CCN(C)CC6)CC5)cc4OC)ncc3Br)c(P(C)(C)=O)c2)cn1.CCc1cc(N)c(OC)cc1N1CCC(N2CCN(C)CC2)CC1.Cc1ccc(S(=O)(=O)O)cc1. The van der Waals surface area contributed by atoms with Crippen LogP contribution in [0.4, 0.5) is 51.7 Å². The van der Waals surface area contributed by atoms with Gasteiger partial charge in [-0.15, -0.1) is 0 Å². The lowest BCUT2D eigenvalue weighted by atomic mass is 9.99. The van der Waals surface area contributed by atoms with Crippen LogP contribution in [0, 0.1) is 6.92 Å². The third kappa shape index (κ3) is 27.4. The van der Waals surface area contributed by atoms with Crippen molar-refractivity contribution < 1.29 is 46.2 Å². The maximum Gasteiger partial charge on any atom is 0.316 e. The first kappa shape index (κ1) is 94.7. The van der Waals surface area contributed by atoms with Crippen molar-refractivity contribution in [2.45, 2.75) is 110 Å². The van der Waals surface area contributed by atoms with E-state index in [1.807, 2.05) is 57.2 Å². The van der Waals surface area contributed by atoms with Gasteiger partial charge in [0.25, 0.3) is 10.1 Å². The van der Waals surface area contributed by atoms with Crippen LogP contribution >= 0.6 is 57.7 Å². The van der Waals surface area contributed by atoms with Gasteiger partial charge in [0, 0.05) is 180 Å². The van der Waals surface area contributed by atoms with Crippen molar-refractivity contribution in [3.05, 3.63) is 153 Å². The second kappa shape index (κ2) is 45.1.